The van der Waals surface area contributed by atoms with E-state index in [-0.39, 0.29) is 12.2 Å². The number of amides is 1. The van der Waals surface area contributed by atoms with Crippen LogP contribution in [0.15, 0.2) is 12.3 Å². The lowest BCUT2D eigenvalue weighted by molar-refractivity contribution is -0.0371. The second kappa shape index (κ2) is 7.17. The molecule has 1 aliphatic rings. The van der Waals surface area contributed by atoms with Gasteiger partial charge in [-0.1, -0.05) is 0 Å². The lowest BCUT2D eigenvalue weighted by Crippen LogP contribution is -2.49. The molecular weight excluding hydrogens is 294 g/mol. The molecule has 0 saturated carbocycles. The van der Waals surface area contributed by atoms with Gasteiger partial charge in [-0.15, -0.1) is 0 Å². The minimum atomic E-state index is -0.477. The Labute approximate surface area is 138 Å². The number of hydrogen-bond donors (Lipinski definition) is 1. The van der Waals surface area contributed by atoms with E-state index in [1.165, 1.54) is 0 Å². The molecule has 23 heavy (non-hydrogen) atoms. The van der Waals surface area contributed by atoms with E-state index >= 15 is 0 Å². The van der Waals surface area contributed by atoms with E-state index in [1.54, 1.807) is 4.90 Å². The summed E-state index contributed by atoms with van der Waals surface area (Å²) in [4.78, 5) is 18.1. The molecular formula is C17H27N3O3. The molecule has 1 aromatic rings. The van der Waals surface area contributed by atoms with E-state index < -0.39 is 5.60 Å². The maximum atomic E-state index is 12.2. The Morgan fingerprint density at radius 3 is 2.91 bits per heavy atom. The van der Waals surface area contributed by atoms with Crippen molar-refractivity contribution in [2.45, 2.75) is 46.3 Å². The molecule has 1 amide bonds. The molecule has 6 heteroatoms. The lowest BCUT2D eigenvalue weighted by Gasteiger charge is -2.34. The van der Waals surface area contributed by atoms with Gasteiger partial charge in [0.05, 0.1) is 19.3 Å². The standard InChI is InChI=1S/C17H27N3O3/c1-12-9-18-13(2)8-15(12)19-10-14-11-20(6-7-22-14)16(21)23-17(3,4)5/h8-9,14H,6-7,10-11H2,1-5H3,(H,18,19). The van der Waals surface area contributed by atoms with Gasteiger partial charge in [0.1, 0.15) is 5.60 Å². The van der Waals surface area contributed by atoms with E-state index in [0.29, 0.717) is 26.2 Å². The van der Waals surface area contributed by atoms with Crippen molar-refractivity contribution in [2.75, 3.05) is 31.6 Å². The van der Waals surface area contributed by atoms with Crippen LogP contribution in [-0.2, 0) is 9.47 Å². The van der Waals surface area contributed by atoms with Gasteiger partial charge in [0.25, 0.3) is 0 Å². The van der Waals surface area contributed by atoms with E-state index in [4.69, 9.17) is 9.47 Å². The highest BCUT2D eigenvalue weighted by atomic mass is 16.6. The van der Waals surface area contributed by atoms with Gasteiger partial charge in [0.2, 0.25) is 0 Å². The number of ether oxygens (including phenoxy) is 2. The molecule has 6 nitrogen and oxygen atoms in total. The molecule has 0 radical (unpaired) electrons. The summed E-state index contributed by atoms with van der Waals surface area (Å²) in [5.41, 5.74) is 2.64. The Kier molecular flexibility index (Phi) is 5.46. The molecule has 1 saturated heterocycles. The maximum absolute atomic E-state index is 12.2. The summed E-state index contributed by atoms with van der Waals surface area (Å²) >= 11 is 0. The zero-order valence-corrected chi connectivity index (χ0v) is 14.7. The second-order valence-electron chi connectivity index (χ2n) is 6.94. The SMILES string of the molecule is Cc1cc(NCC2CN(C(=O)OC(C)(C)C)CCO2)c(C)cn1. The second-order valence-corrected chi connectivity index (χ2v) is 6.94. The number of anilines is 1. The Hall–Kier alpha value is -1.82. The minimum Gasteiger partial charge on any atom is -0.444 e. The van der Waals surface area contributed by atoms with Gasteiger partial charge < -0.3 is 19.7 Å². The molecule has 1 unspecified atom stereocenters. The Morgan fingerprint density at radius 1 is 1.48 bits per heavy atom. The van der Waals surface area contributed by atoms with Crippen molar-refractivity contribution in [3.8, 4) is 0 Å². The van der Waals surface area contributed by atoms with Crippen LogP contribution in [0, 0.1) is 13.8 Å². The molecule has 0 aromatic carbocycles. The van der Waals surface area contributed by atoms with Crippen LogP contribution in [0.2, 0.25) is 0 Å². The first-order valence-corrected chi connectivity index (χ1v) is 8.01. The van der Waals surface area contributed by atoms with Crippen LogP contribution < -0.4 is 5.32 Å². The van der Waals surface area contributed by atoms with Gasteiger partial charge in [-0.05, 0) is 46.2 Å². The van der Waals surface area contributed by atoms with Crippen LogP contribution in [0.3, 0.4) is 0 Å². The third-order valence-electron chi connectivity index (χ3n) is 3.55. The molecule has 1 fully saturated rings. The van der Waals surface area contributed by atoms with Gasteiger partial charge in [0.15, 0.2) is 0 Å². The van der Waals surface area contributed by atoms with Crippen molar-refractivity contribution in [2.24, 2.45) is 0 Å². The predicted octanol–water partition coefficient (Wildman–Crippen LogP) is 2.75. The van der Waals surface area contributed by atoms with Crippen molar-refractivity contribution in [1.82, 2.24) is 9.88 Å². The van der Waals surface area contributed by atoms with Crippen LogP contribution in [0.25, 0.3) is 0 Å². The summed E-state index contributed by atoms with van der Waals surface area (Å²) in [6, 6.07) is 2.02. The molecule has 0 aliphatic carbocycles. The zero-order chi connectivity index (χ0) is 17.0. The number of morpholine rings is 1. The predicted molar refractivity (Wildman–Crippen MR) is 89.7 cm³/mol. The Balaban J connectivity index is 1.89. The van der Waals surface area contributed by atoms with Crippen LogP contribution in [0.1, 0.15) is 32.0 Å². The molecule has 2 heterocycles. The third kappa shape index (κ3) is 5.39. The highest BCUT2D eigenvalue weighted by molar-refractivity contribution is 5.68. The molecule has 0 bridgehead atoms. The smallest absolute Gasteiger partial charge is 0.410 e. The van der Waals surface area contributed by atoms with Gasteiger partial charge in [-0.3, -0.25) is 4.98 Å². The maximum Gasteiger partial charge on any atom is 0.410 e. The number of carbonyl (C=O) groups is 1. The van der Waals surface area contributed by atoms with Crippen LogP contribution in [0.4, 0.5) is 10.5 Å². The molecule has 1 N–H and O–H groups in total. The number of aryl methyl sites for hydroxylation is 2. The molecule has 2 rings (SSSR count). The normalized spacial score (nSPS) is 18.7. The fourth-order valence-corrected chi connectivity index (χ4v) is 2.38. The number of nitrogens with zero attached hydrogens (tertiary/aromatic N) is 2. The monoisotopic (exact) mass is 321 g/mol. The first-order chi connectivity index (χ1) is 10.7. The topological polar surface area (TPSA) is 63.7 Å². The number of carbonyl (C=O) groups excluding carboxylic acids is 1. The third-order valence-corrected chi connectivity index (χ3v) is 3.55. The van der Waals surface area contributed by atoms with E-state index in [9.17, 15) is 4.79 Å². The largest absolute Gasteiger partial charge is 0.444 e. The molecule has 1 aromatic heterocycles. The zero-order valence-electron chi connectivity index (χ0n) is 14.7. The molecule has 128 valence electrons. The molecule has 1 aliphatic heterocycles. The molecule has 0 spiro atoms. The Morgan fingerprint density at radius 2 is 2.22 bits per heavy atom. The number of rotatable bonds is 3. The fourth-order valence-electron chi connectivity index (χ4n) is 2.38. The van der Waals surface area contributed by atoms with Gasteiger partial charge in [0, 0.05) is 30.7 Å². The van der Waals surface area contributed by atoms with Gasteiger partial charge >= 0.3 is 6.09 Å². The summed E-state index contributed by atoms with van der Waals surface area (Å²) in [6.45, 7) is 11.9. The summed E-state index contributed by atoms with van der Waals surface area (Å²) in [5.74, 6) is 0. The first-order valence-electron chi connectivity index (χ1n) is 8.01. The highest BCUT2D eigenvalue weighted by Crippen LogP contribution is 2.16. The van der Waals surface area contributed by atoms with Crippen molar-refractivity contribution in [3.63, 3.8) is 0 Å². The first kappa shape index (κ1) is 17.5. The van der Waals surface area contributed by atoms with Gasteiger partial charge in [-0.2, -0.15) is 0 Å². The number of pyridine rings is 1. The van der Waals surface area contributed by atoms with Crippen LogP contribution in [-0.4, -0.2) is 53.9 Å². The average molecular weight is 321 g/mol. The van der Waals surface area contributed by atoms with Crippen molar-refractivity contribution < 1.29 is 14.3 Å². The molecule has 1 atom stereocenters. The van der Waals surface area contributed by atoms with Crippen LogP contribution >= 0.6 is 0 Å². The highest BCUT2D eigenvalue weighted by Gasteiger charge is 2.28. The number of hydrogen-bond acceptors (Lipinski definition) is 5. The minimum absolute atomic E-state index is 0.0517. The quantitative estimate of drug-likeness (QED) is 0.927. The van der Waals surface area contributed by atoms with E-state index in [2.05, 4.69) is 10.3 Å². The van der Waals surface area contributed by atoms with E-state index in [0.717, 1.165) is 16.9 Å². The summed E-state index contributed by atoms with van der Waals surface area (Å²) in [7, 11) is 0. The number of aromatic nitrogens is 1. The van der Waals surface area contributed by atoms with E-state index in [1.807, 2.05) is 46.9 Å². The van der Waals surface area contributed by atoms with Gasteiger partial charge in [-0.25, -0.2) is 4.79 Å². The number of nitrogens with one attached hydrogen (secondary N) is 1. The van der Waals surface area contributed by atoms with Crippen molar-refractivity contribution in [3.05, 3.63) is 23.5 Å². The summed E-state index contributed by atoms with van der Waals surface area (Å²) in [5, 5.41) is 3.39. The lowest BCUT2D eigenvalue weighted by atomic mass is 10.2. The fraction of sp³-hybridized carbons (Fsp3) is 0.647. The average Bonchev–Trinajstić information content (AvgIpc) is 2.47. The van der Waals surface area contributed by atoms with Crippen LogP contribution in [0.5, 0.6) is 0 Å². The summed E-state index contributed by atoms with van der Waals surface area (Å²) < 4.78 is 11.2. The Bertz CT molecular complexity index is 555. The van der Waals surface area contributed by atoms with Crippen molar-refractivity contribution in [1.29, 1.82) is 0 Å². The summed E-state index contributed by atoms with van der Waals surface area (Å²) in [6.07, 6.45) is 1.53. The van der Waals surface area contributed by atoms with Crippen molar-refractivity contribution >= 4 is 11.8 Å².